The lowest BCUT2D eigenvalue weighted by Crippen LogP contribution is -2.25. The van der Waals surface area contributed by atoms with Crippen molar-refractivity contribution in [2.75, 3.05) is 48.9 Å². The van der Waals surface area contributed by atoms with E-state index in [1.165, 1.54) is 12.1 Å². The predicted octanol–water partition coefficient (Wildman–Crippen LogP) is 4.73. The second-order valence-electron chi connectivity index (χ2n) is 7.10. The molecular formula is C26H34FN3O5. The molecule has 0 aliphatic rings. The monoisotopic (exact) mass is 487 g/mol. The normalized spacial score (nSPS) is 10.1. The number of anilines is 3. The average Bonchev–Trinajstić information content (AvgIpc) is 2.85. The van der Waals surface area contributed by atoms with Gasteiger partial charge in [0.15, 0.2) is 0 Å². The zero-order valence-corrected chi connectivity index (χ0v) is 20.4. The van der Waals surface area contributed by atoms with E-state index in [4.69, 9.17) is 9.84 Å². The van der Waals surface area contributed by atoms with Crippen LogP contribution in [0.4, 0.5) is 26.2 Å². The maximum absolute atomic E-state index is 13.3. The molecule has 0 atom stereocenters. The fraction of sp³-hybridized carbons (Fsp3) is 0.308. The van der Waals surface area contributed by atoms with Crippen LogP contribution >= 0.6 is 0 Å². The van der Waals surface area contributed by atoms with Crippen molar-refractivity contribution >= 4 is 29.6 Å². The van der Waals surface area contributed by atoms with Gasteiger partial charge in [-0.1, -0.05) is 30.9 Å². The molecule has 9 heteroatoms. The highest BCUT2D eigenvalue weighted by molar-refractivity contribution is 5.90. The van der Waals surface area contributed by atoms with E-state index in [0.717, 1.165) is 22.5 Å². The van der Waals surface area contributed by atoms with E-state index < -0.39 is 6.09 Å². The molecule has 0 saturated carbocycles. The summed E-state index contributed by atoms with van der Waals surface area (Å²) in [6, 6.07) is 11.9. The molecule has 0 heterocycles. The number of amides is 1. The molecule has 0 fully saturated rings. The fourth-order valence-corrected chi connectivity index (χ4v) is 2.96. The number of halogens is 1. The SMILES string of the molecule is C=C(/C=C/CO)CN(Cc1ccc(F)cc1)c1ccc(NC(=O)OCC)c(NC)c1.CCOC=O. The summed E-state index contributed by atoms with van der Waals surface area (Å²) >= 11 is 0. The number of benzene rings is 2. The topological polar surface area (TPSA) is 100 Å². The van der Waals surface area contributed by atoms with E-state index in [2.05, 4.69) is 26.8 Å². The number of hydrogen-bond donors (Lipinski definition) is 3. The quantitative estimate of drug-likeness (QED) is 0.294. The lowest BCUT2D eigenvalue weighted by molar-refractivity contribution is -0.128. The van der Waals surface area contributed by atoms with Gasteiger partial charge in [0.05, 0.1) is 31.2 Å². The number of hydrogen-bond acceptors (Lipinski definition) is 7. The smallest absolute Gasteiger partial charge is 0.411 e. The zero-order chi connectivity index (χ0) is 26.1. The summed E-state index contributed by atoms with van der Waals surface area (Å²) in [5.41, 5.74) is 3.96. The highest BCUT2D eigenvalue weighted by Crippen LogP contribution is 2.29. The first kappa shape index (κ1) is 29.2. The molecule has 3 N–H and O–H groups in total. The molecule has 1 amide bonds. The maximum Gasteiger partial charge on any atom is 0.411 e. The Morgan fingerprint density at radius 2 is 1.86 bits per heavy atom. The van der Waals surface area contributed by atoms with Crippen molar-refractivity contribution in [2.24, 2.45) is 0 Å². The first-order chi connectivity index (χ1) is 16.9. The summed E-state index contributed by atoms with van der Waals surface area (Å²) in [6.45, 7) is 9.71. The Morgan fingerprint density at radius 1 is 1.14 bits per heavy atom. The number of nitrogens with zero attached hydrogens (tertiary/aromatic N) is 1. The van der Waals surface area contributed by atoms with Crippen molar-refractivity contribution in [1.29, 1.82) is 0 Å². The van der Waals surface area contributed by atoms with Gasteiger partial charge in [-0.05, 0) is 55.3 Å². The van der Waals surface area contributed by atoms with Crippen LogP contribution in [0.3, 0.4) is 0 Å². The van der Waals surface area contributed by atoms with Crippen molar-refractivity contribution in [3.63, 3.8) is 0 Å². The van der Waals surface area contributed by atoms with Crippen molar-refractivity contribution in [3.8, 4) is 0 Å². The molecule has 2 rings (SSSR count). The van der Waals surface area contributed by atoms with Crippen molar-refractivity contribution in [3.05, 3.63) is 78.1 Å². The second kappa shape index (κ2) is 16.7. The Hall–Kier alpha value is -3.85. The van der Waals surface area contributed by atoms with Gasteiger partial charge in [-0.2, -0.15) is 0 Å². The molecular weight excluding hydrogens is 453 g/mol. The highest BCUT2D eigenvalue weighted by Gasteiger charge is 2.13. The van der Waals surface area contributed by atoms with Gasteiger partial charge in [-0.15, -0.1) is 0 Å². The van der Waals surface area contributed by atoms with Crippen molar-refractivity contribution < 1.29 is 28.6 Å². The van der Waals surface area contributed by atoms with Crippen LogP contribution in [0.25, 0.3) is 0 Å². The number of carbonyl (C=O) groups is 2. The van der Waals surface area contributed by atoms with E-state index in [9.17, 15) is 14.0 Å². The van der Waals surface area contributed by atoms with Crippen LogP contribution in [0.1, 0.15) is 19.4 Å². The Kier molecular flexibility index (Phi) is 13.9. The third kappa shape index (κ3) is 11.2. The fourth-order valence-electron chi connectivity index (χ4n) is 2.96. The van der Waals surface area contributed by atoms with Crippen LogP contribution in [0.5, 0.6) is 0 Å². The van der Waals surface area contributed by atoms with Crippen LogP contribution in [0.15, 0.2) is 66.8 Å². The molecule has 35 heavy (non-hydrogen) atoms. The molecule has 0 unspecified atom stereocenters. The lowest BCUT2D eigenvalue weighted by Gasteiger charge is -2.26. The Balaban J connectivity index is 0.00000111. The van der Waals surface area contributed by atoms with E-state index in [0.29, 0.717) is 31.9 Å². The first-order valence-corrected chi connectivity index (χ1v) is 11.1. The molecule has 8 nitrogen and oxygen atoms in total. The number of nitrogens with one attached hydrogen (secondary N) is 2. The van der Waals surface area contributed by atoms with Crippen molar-refractivity contribution in [1.82, 2.24) is 0 Å². The molecule has 0 saturated heterocycles. The predicted molar refractivity (Wildman–Crippen MR) is 137 cm³/mol. The van der Waals surface area contributed by atoms with E-state index in [1.807, 2.05) is 12.1 Å². The standard InChI is InChI=1S/C23H28FN3O3.C3H6O2/c1-4-30-23(29)26-21-12-11-20(14-22(21)25-3)27(15-17(2)6-5-13-28)16-18-7-9-19(24)10-8-18;1-2-5-3-4/h5-12,14,25,28H,2,4,13,15-16H2,1,3H3,(H,26,29);3H,2H2,1H3/b6-5+;. The molecule has 0 radical (unpaired) electrons. The van der Waals surface area contributed by atoms with Crippen LogP contribution < -0.4 is 15.5 Å². The van der Waals surface area contributed by atoms with Gasteiger partial charge in [0.1, 0.15) is 5.82 Å². The second-order valence-corrected chi connectivity index (χ2v) is 7.10. The van der Waals surface area contributed by atoms with E-state index in [1.54, 1.807) is 51.2 Å². The summed E-state index contributed by atoms with van der Waals surface area (Å²) < 4.78 is 22.4. The molecule has 2 aromatic rings. The van der Waals surface area contributed by atoms with Crippen LogP contribution in [-0.4, -0.2) is 51.1 Å². The summed E-state index contributed by atoms with van der Waals surface area (Å²) in [4.78, 5) is 23.0. The maximum atomic E-state index is 13.3. The molecule has 0 bridgehead atoms. The Bertz CT molecular complexity index is 964. The summed E-state index contributed by atoms with van der Waals surface area (Å²) in [5, 5.41) is 14.8. The summed E-state index contributed by atoms with van der Waals surface area (Å²) in [5.74, 6) is -0.285. The van der Waals surface area contributed by atoms with Crippen LogP contribution in [0, 0.1) is 5.82 Å². The van der Waals surface area contributed by atoms with Gasteiger partial charge in [0, 0.05) is 25.8 Å². The first-order valence-electron chi connectivity index (χ1n) is 11.1. The van der Waals surface area contributed by atoms with Gasteiger partial charge >= 0.3 is 6.09 Å². The average molecular weight is 488 g/mol. The van der Waals surface area contributed by atoms with Gasteiger partial charge in [-0.25, -0.2) is 9.18 Å². The Labute approximate surface area is 206 Å². The van der Waals surface area contributed by atoms with Gasteiger partial charge < -0.3 is 24.8 Å². The molecule has 0 aromatic heterocycles. The van der Waals surface area contributed by atoms with Crippen LogP contribution in [0.2, 0.25) is 0 Å². The van der Waals surface area contributed by atoms with E-state index in [-0.39, 0.29) is 19.0 Å². The molecule has 2 aromatic carbocycles. The highest BCUT2D eigenvalue weighted by atomic mass is 19.1. The molecule has 0 spiro atoms. The summed E-state index contributed by atoms with van der Waals surface area (Å²) in [6.07, 6.45) is 2.88. The number of rotatable bonds is 12. The van der Waals surface area contributed by atoms with E-state index >= 15 is 0 Å². The third-order valence-electron chi connectivity index (χ3n) is 4.52. The number of carbonyl (C=O) groups excluding carboxylic acids is 2. The largest absolute Gasteiger partial charge is 0.468 e. The van der Waals surface area contributed by atoms with Gasteiger partial charge in [0.25, 0.3) is 6.47 Å². The van der Waals surface area contributed by atoms with Crippen molar-refractivity contribution in [2.45, 2.75) is 20.4 Å². The van der Waals surface area contributed by atoms with Gasteiger partial charge in [0.2, 0.25) is 0 Å². The minimum Gasteiger partial charge on any atom is -0.468 e. The number of aliphatic hydroxyl groups excluding tert-OH is 1. The Morgan fingerprint density at radius 3 is 2.40 bits per heavy atom. The minimum absolute atomic E-state index is 0.0604. The molecule has 190 valence electrons. The van der Waals surface area contributed by atoms with Crippen LogP contribution in [-0.2, 0) is 20.8 Å². The summed E-state index contributed by atoms with van der Waals surface area (Å²) in [7, 11) is 1.77. The number of aliphatic hydroxyl groups is 1. The van der Waals surface area contributed by atoms with Gasteiger partial charge in [-0.3, -0.25) is 10.1 Å². The lowest BCUT2D eigenvalue weighted by atomic mass is 10.1. The zero-order valence-electron chi connectivity index (χ0n) is 20.4. The number of ether oxygens (including phenoxy) is 2. The third-order valence-corrected chi connectivity index (χ3v) is 4.52. The molecule has 0 aliphatic heterocycles. The molecule has 0 aliphatic carbocycles. The minimum atomic E-state index is -0.521.